The molecule has 14 heavy (non-hydrogen) atoms. The molecule has 5 heteroatoms. The highest BCUT2D eigenvalue weighted by Crippen LogP contribution is 2.25. The van der Waals surface area contributed by atoms with Crippen LogP contribution in [0.15, 0.2) is 10.5 Å². The van der Waals surface area contributed by atoms with E-state index in [0.29, 0.717) is 12.4 Å². The second-order valence-electron chi connectivity index (χ2n) is 2.65. The first-order valence-corrected chi connectivity index (χ1v) is 4.62. The van der Waals surface area contributed by atoms with Crippen LogP contribution in [-0.4, -0.2) is 6.29 Å². The Morgan fingerprint density at radius 2 is 1.93 bits per heavy atom. The van der Waals surface area contributed by atoms with Crippen molar-refractivity contribution in [2.45, 2.75) is 12.8 Å². The van der Waals surface area contributed by atoms with Crippen LogP contribution in [0.1, 0.15) is 12.0 Å². The summed E-state index contributed by atoms with van der Waals surface area (Å²) in [5.41, 5.74) is -0.273. The summed E-state index contributed by atoms with van der Waals surface area (Å²) in [6, 6.07) is 0.591. The van der Waals surface area contributed by atoms with Crippen LogP contribution in [0.4, 0.5) is 13.2 Å². The number of benzene rings is 1. The molecule has 0 saturated carbocycles. The number of hydrogen-bond acceptors (Lipinski definition) is 1. The maximum Gasteiger partial charge on any atom is 0.146 e. The van der Waals surface area contributed by atoms with Crippen molar-refractivity contribution in [2.24, 2.45) is 0 Å². The fraction of sp³-hybridized carbons (Fsp3) is 0.222. The summed E-state index contributed by atoms with van der Waals surface area (Å²) in [6.45, 7) is 0. The van der Waals surface area contributed by atoms with Crippen molar-refractivity contribution in [1.82, 2.24) is 0 Å². The quantitative estimate of drug-likeness (QED) is 0.467. The molecule has 0 aliphatic rings. The molecule has 0 aliphatic carbocycles. The van der Waals surface area contributed by atoms with Gasteiger partial charge in [0.1, 0.15) is 23.7 Å². The predicted molar refractivity (Wildman–Crippen MR) is 48.4 cm³/mol. The summed E-state index contributed by atoms with van der Waals surface area (Å²) in [6.07, 6.45) is 0.488. The van der Waals surface area contributed by atoms with E-state index in [2.05, 4.69) is 15.9 Å². The Balaban J connectivity index is 3.15. The zero-order valence-electron chi connectivity index (χ0n) is 6.99. The third kappa shape index (κ3) is 2.15. The highest BCUT2D eigenvalue weighted by molar-refractivity contribution is 9.10. The second-order valence-corrected chi connectivity index (χ2v) is 3.45. The van der Waals surface area contributed by atoms with Gasteiger partial charge in [0.2, 0.25) is 0 Å². The van der Waals surface area contributed by atoms with Crippen molar-refractivity contribution in [3.8, 4) is 0 Å². The van der Waals surface area contributed by atoms with Gasteiger partial charge in [0, 0.05) is 18.1 Å². The third-order valence-electron chi connectivity index (χ3n) is 1.72. The Kier molecular flexibility index (Phi) is 3.69. The van der Waals surface area contributed by atoms with E-state index in [1.807, 2.05) is 0 Å². The lowest BCUT2D eigenvalue weighted by Crippen LogP contribution is -2.00. The van der Waals surface area contributed by atoms with Crippen molar-refractivity contribution in [1.29, 1.82) is 0 Å². The molecule has 76 valence electrons. The largest absolute Gasteiger partial charge is 0.303 e. The normalized spacial score (nSPS) is 10.3. The molecule has 0 amide bonds. The monoisotopic (exact) mass is 266 g/mol. The van der Waals surface area contributed by atoms with E-state index < -0.39 is 21.9 Å². The third-order valence-corrected chi connectivity index (χ3v) is 2.45. The number of carbonyl (C=O) groups excluding carboxylic acids is 1. The van der Waals surface area contributed by atoms with Crippen LogP contribution in [0.25, 0.3) is 0 Å². The standard InChI is InChI=1S/C9H6BrF3O/c10-8-7(12)4-6(11)5(9(8)13)2-1-3-14/h3-4H,1-2H2. The van der Waals surface area contributed by atoms with Crippen molar-refractivity contribution in [3.63, 3.8) is 0 Å². The van der Waals surface area contributed by atoms with Gasteiger partial charge in [-0.25, -0.2) is 13.2 Å². The molecule has 0 bridgehead atoms. The Morgan fingerprint density at radius 1 is 1.29 bits per heavy atom. The Bertz CT molecular complexity index is 366. The van der Waals surface area contributed by atoms with Crippen LogP contribution >= 0.6 is 15.9 Å². The molecule has 0 aromatic heterocycles. The molecule has 1 aromatic carbocycles. The van der Waals surface area contributed by atoms with E-state index in [1.54, 1.807) is 0 Å². The number of rotatable bonds is 3. The van der Waals surface area contributed by atoms with Gasteiger partial charge < -0.3 is 4.79 Å². The van der Waals surface area contributed by atoms with Gasteiger partial charge >= 0.3 is 0 Å². The molecular weight excluding hydrogens is 261 g/mol. The van der Waals surface area contributed by atoms with Crippen LogP contribution in [0, 0.1) is 17.5 Å². The number of halogens is 4. The molecule has 0 aliphatic heterocycles. The molecule has 1 aromatic rings. The molecule has 0 spiro atoms. The summed E-state index contributed by atoms with van der Waals surface area (Å²) in [4.78, 5) is 10.0. The van der Waals surface area contributed by atoms with Crippen molar-refractivity contribution < 1.29 is 18.0 Å². The maximum absolute atomic E-state index is 13.2. The fourth-order valence-corrected chi connectivity index (χ4v) is 1.39. The minimum Gasteiger partial charge on any atom is -0.303 e. The van der Waals surface area contributed by atoms with E-state index in [9.17, 15) is 18.0 Å². The summed E-state index contributed by atoms with van der Waals surface area (Å²) in [7, 11) is 0. The highest BCUT2D eigenvalue weighted by Gasteiger charge is 2.16. The molecule has 0 heterocycles. The summed E-state index contributed by atoms with van der Waals surface area (Å²) in [5, 5.41) is 0. The first-order chi connectivity index (χ1) is 6.57. The number of hydrogen-bond donors (Lipinski definition) is 0. The van der Waals surface area contributed by atoms with Gasteiger partial charge in [-0.3, -0.25) is 0 Å². The Hall–Kier alpha value is -0.840. The SMILES string of the molecule is O=CCCc1c(F)cc(F)c(Br)c1F. The van der Waals surface area contributed by atoms with Gasteiger partial charge in [0.25, 0.3) is 0 Å². The first-order valence-electron chi connectivity index (χ1n) is 3.83. The van der Waals surface area contributed by atoms with E-state index in [-0.39, 0.29) is 18.4 Å². The molecule has 0 saturated heterocycles. The molecule has 1 rings (SSSR count). The predicted octanol–water partition coefficient (Wildman–Crippen LogP) is 3.00. The average molecular weight is 267 g/mol. The molecule has 0 N–H and O–H groups in total. The van der Waals surface area contributed by atoms with Crippen LogP contribution in [0.3, 0.4) is 0 Å². The van der Waals surface area contributed by atoms with Crippen LogP contribution in [0.5, 0.6) is 0 Å². The van der Waals surface area contributed by atoms with Crippen LogP contribution in [0.2, 0.25) is 0 Å². The molecule has 0 unspecified atom stereocenters. The zero-order chi connectivity index (χ0) is 10.7. The van der Waals surface area contributed by atoms with Crippen LogP contribution in [-0.2, 0) is 11.2 Å². The Morgan fingerprint density at radius 3 is 2.50 bits per heavy atom. The lowest BCUT2D eigenvalue weighted by atomic mass is 10.1. The van der Waals surface area contributed by atoms with E-state index >= 15 is 0 Å². The highest BCUT2D eigenvalue weighted by atomic mass is 79.9. The van der Waals surface area contributed by atoms with E-state index in [1.165, 1.54) is 0 Å². The smallest absolute Gasteiger partial charge is 0.146 e. The van der Waals surface area contributed by atoms with Gasteiger partial charge in [-0.2, -0.15) is 0 Å². The maximum atomic E-state index is 13.2. The number of carbonyl (C=O) groups is 1. The summed E-state index contributed by atoms with van der Waals surface area (Å²) >= 11 is 2.65. The van der Waals surface area contributed by atoms with Crippen LogP contribution < -0.4 is 0 Å². The first kappa shape index (κ1) is 11.2. The second kappa shape index (κ2) is 4.59. The van der Waals surface area contributed by atoms with E-state index in [4.69, 9.17) is 0 Å². The summed E-state index contributed by atoms with van der Waals surface area (Å²) < 4.78 is 38.5. The summed E-state index contributed by atoms with van der Waals surface area (Å²) in [5.74, 6) is -2.94. The fourth-order valence-electron chi connectivity index (χ4n) is 1.04. The van der Waals surface area contributed by atoms with Gasteiger partial charge in [-0.15, -0.1) is 0 Å². The lowest BCUT2D eigenvalue weighted by Gasteiger charge is -2.05. The van der Waals surface area contributed by atoms with Crippen molar-refractivity contribution in [2.75, 3.05) is 0 Å². The molecule has 1 nitrogen and oxygen atoms in total. The number of aldehydes is 1. The average Bonchev–Trinajstić information content (AvgIpc) is 2.14. The molecular formula is C9H6BrF3O. The molecule has 0 fully saturated rings. The topological polar surface area (TPSA) is 17.1 Å². The van der Waals surface area contributed by atoms with Gasteiger partial charge in [-0.1, -0.05) is 0 Å². The van der Waals surface area contributed by atoms with Crippen molar-refractivity contribution in [3.05, 3.63) is 33.6 Å². The lowest BCUT2D eigenvalue weighted by molar-refractivity contribution is -0.107. The minimum absolute atomic E-state index is 0.00587. The molecule has 0 radical (unpaired) electrons. The van der Waals surface area contributed by atoms with Gasteiger partial charge in [0.05, 0.1) is 4.47 Å². The zero-order valence-corrected chi connectivity index (χ0v) is 8.58. The van der Waals surface area contributed by atoms with Gasteiger partial charge in [0.15, 0.2) is 0 Å². The van der Waals surface area contributed by atoms with Gasteiger partial charge in [-0.05, 0) is 22.4 Å². The minimum atomic E-state index is -0.991. The Labute approximate surface area is 87.1 Å². The van der Waals surface area contributed by atoms with Crippen molar-refractivity contribution >= 4 is 22.2 Å². The van der Waals surface area contributed by atoms with E-state index in [0.717, 1.165) is 0 Å². The molecule has 0 atom stereocenters.